The van der Waals surface area contributed by atoms with Crippen molar-refractivity contribution in [1.82, 2.24) is 10.0 Å². The van der Waals surface area contributed by atoms with E-state index in [1.807, 2.05) is 0 Å². The second kappa shape index (κ2) is 7.76. The highest BCUT2D eigenvalue weighted by molar-refractivity contribution is 7.90. The highest BCUT2D eigenvalue weighted by Gasteiger charge is 2.46. The van der Waals surface area contributed by atoms with Crippen molar-refractivity contribution in [3.8, 4) is 0 Å². The number of nitrogens with one attached hydrogen (secondary N) is 2. The second-order valence-corrected chi connectivity index (χ2v) is 7.80. The molecule has 2 N–H and O–H groups in total. The largest absolute Gasteiger partial charge is 0.511 e. The van der Waals surface area contributed by atoms with Gasteiger partial charge in [0, 0.05) is 25.6 Å². The van der Waals surface area contributed by atoms with Crippen molar-refractivity contribution in [3.63, 3.8) is 0 Å². The Bertz CT molecular complexity index is 686. The van der Waals surface area contributed by atoms with Gasteiger partial charge in [-0.25, -0.2) is 13.1 Å². The molecule has 1 aliphatic rings. The van der Waals surface area contributed by atoms with Crippen molar-refractivity contribution < 1.29 is 26.3 Å². The fraction of sp³-hybridized carbons (Fsp3) is 0.538. The Kier molecular flexibility index (Phi) is 6.38. The zero-order valence-corrected chi connectivity index (χ0v) is 14.6. The summed E-state index contributed by atoms with van der Waals surface area (Å²) in [5.41, 5.74) is -4.74. The highest BCUT2D eigenvalue weighted by atomic mass is 35.5. The maximum atomic E-state index is 12.5. The summed E-state index contributed by atoms with van der Waals surface area (Å²) in [6.45, 7) is 0.679. The Morgan fingerprint density at radius 3 is 2.62 bits per heavy atom. The fourth-order valence-corrected chi connectivity index (χ4v) is 3.23. The van der Waals surface area contributed by atoms with E-state index in [4.69, 9.17) is 27.9 Å². The molecule has 0 spiro atoms. The highest BCUT2D eigenvalue weighted by Crippen LogP contribution is 2.32. The third kappa shape index (κ3) is 4.74. The Hall–Kier alpha value is -0.580. The first-order valence-electron chi connectivity index (χ1n) is 6.95. The number of alkyl halides is 3. The Morgan fingerprint density at radius 1 is 1.29 bits per heavy atom. The molecule has 11 heteroatoms. The minimum atomic E-state index is -5.41. The molecule has 2 atom stereocenters. The number of sulfonamides is 1. The van der Waals surface area contributed by atoms with E-state index in [1.165, 1.54) is 0 Å². The summed E-state index contributed by atoms with van der Waals surface area (Å²) in [4.78, 5) is 0. The van der Waals surface area contributed by atoms with Crippen molar-refractivity contribution in [2.24, 2.45) is 5.92 Å². The normalized spacial score (nSPS) is 23.0. The summed E-state index contributed by atoms with van der Waals surface area (Å²) >= 11 is 11.8. The van der Waals surface area contributed by atoms with Gasteiger partial charge in [0.25, 0.3) is 0 Å². The number of benzene rings is 1. The summed E-state index contributed by atoms with van der Waals surface area (Å²) in [6.07, 6.45) is -0.620. The van der Waals surface area contributed by atoms with E-state index in [0.717, 1.165) is 0 Å². The monoisotopic (exact) mass is 406 g/mol. The molecule has 24 heavy (non-hydrogen) atoms. The lowest BCUT2D eigenvalue weighted by Crippen LogP contribution is -2.42. The number of halogens is 5. The maximum Gasteiger partial charge on any atom is 0.511 e. The van der Waals surface area contributed by atoms with Crippen LogP contribution < -0.4 is 10.0 Å². The Balaban J connectivity index is 2.19. The first-order chi connectivity index (χ1) is 11.1. The molecular formula is C13H15Cl2F3N2O3S. The fourth-order valence-electron chi connectivity index (χ4n) is 2.32. The first kappa shape index (κ1) is 19.7. The molecule has 0 unspecified atom stereocenters. The van der Waals surface area contributed by atoms with E-state index in [2.05, 4.69) is 5.32 Å². The third-order valence-electron chi connectivity index (χ3n) is 3.52. The predicted octanol–water partition coefficient (Wildman–Crippen LogP) is 2.71. The van der Waals surface area contributed by atoms with Crippen LogP contribution in [0.25, 0.3) is 0 Å². The van der Waals surface area contributed by atoms with Crippen LogP contribution in [0, 0.1) is 5.92 Å². The number of hydrogen-bond acceptors (Lipinski definition) is 4. The summed E-state index contributed by atoms with van der Waals surface area (Å²) in [5, 5.41) is 3.61. The van der Waals surface area contributed by atoms with Gasteiger partial charge in [0.1, 0.15) is 0 Å². The summed E-state index contributed by atoms with van der Waals surface area (Å²) in [5.74, 6) is -0.554. The Morgan fingerprint density at radius 2 is 2.00 bits per heavy atom. The van der Waals surface area contributed by atoms with Gasteiger partial charge in [0.15, 0.2) is 0 Å². The van der Waals surface area contributed by atoms with Crippen molar-refractivity contribution >= 4 is 33.2 Å². The van der Waals surface area contributed by atoms with Crippen LogP contribution in [-0.4, -0.2) is 40.2 Å². The van der Waals surface area contributed by atoms with Crippen LogP contribution in [-0.2, 0) is 14.8 Å². The van der Waals surface area contributed by atoms with Crippen LogP contribution in [0.5, 0.6) is 0 Å². The van der Waals surface area contributed by atoms with E-state index in [9.17, 15) is 21.6 Å². The lowest BCUT2D eigenvalue weighted by molar-refractivity contribution is -0.0451. The van der Waals surface area contributed by atoms with Crippen molar-refractivity contribution in [2.45, 2.75) is 11.6 Å². The van der Waals surface area contributed by atoms with Gasteiger partial charge in [0.2, 0.25) is 0 Å². The standard InChI is InChI=1S/C13H15Cl2F3N2O3S/c14-10-2-1-8(5-11(10)15)12-9(6-19-3-4-23-12)7-20-24(21,22)13(16,17)18/h1-2,5,9,12,19-20H,3-4,6-7H2/t9-,12-/m0/s1. The van der Waals surface area contributed by atoms with Gasteiger partial charge in [-0.1, -0.05) is 29.3 Å². The Labute approximate surface area is 147 Å². The van der Waals surface area contributed by atoms with E-state index in [1.54, 1.807) is 22.9 Å². The molecule has 2 rings (SSSR count). The number of hydrogen-bond donors (Lipinski definition) is 2. The molecule has 0 saturated carbocycles. The van der Waals surface area contributed by atoms with E-state index in [0.29, 0.717) is 23.7 Å². The number of ether oxygens (including phenoxy) is 1. The molecule has 0 amide bonds. The average Bonchev–Trinajstić information content (AvgIpc) is 2.72. The molecule has 0 bridgehead atoms. The van der Waals surface area contributed by atoms with Gasteiger partial charge in [-0.05, 0) is 17.7 Å². The summed E-state index contributed by atoms with van der Waals surface area (Å²) in [7, 11) is -5.41. The molecule has 1 aliphatic heterocycles. The van der Waals surface area contributed by atoms with Crippen LogP contribution in [0.4, 0.5) is 13.2 Å². The van der Waals surface area contributed by atoms with Crippen LogP contribution in [0.3, 0.4) is 0 Å². The van der Waals surface area contributed by atoms with Crippen LogP contribution in [0.15, 0.2) is 18.2 Å². The van der Waals surface area contributed by atoms with Gasteiger partial charge >= 0.3 is 15.5 Å². The van der Waals surface area contributed by atoms with Gasteiger partial charge < -0.3 is 10.1 Å². The SMILES string of the molecule is O=S(=O)(NC[C@@H]1CNCCO[C@H]1c1ccc(Cl)c(Cl)c1)C(F)(F)F. The van der Waals surface area contributed by atoms with Gasteiger partial charge in [-0.15, -0.1) is 0 Å². The molecule has 1 aromatic rings. The smallest absolute Gasteiger partial charge is 0.372 e. The van der Waals surface area contributed by atoms with E-state index < -0.39 is 34.1 Å². The zero-order chi connectivity index (χ0) is 18.0. The van der Waals surface area contributed by atoms with Crippen molar-refractivity contribution in [3.05, 3.63) is 33.8 Å². The molecule has 136 valence electrons. The van der Waals surface area contributed by atoms with Gasteiger partial charge in [-0.3, -0.25) is 0 Å². The topological polar surface area (TPSA) is 67.4 Å². The van der Waals surface area contributed by atoms with E-state index >= 15 is 0 Å². The summed E-state index contributed by atoms with van der Waals surface area (Å²) in [6, 6.07) is 4.76. The lowest BCUT2D eigenvalue weighted by Gasteiger charge is -2.25. The predicted molar refractivity (Wildman–Crippen MR) is 84.5 cm³/mol. The maximum absolute atomic E-state index is 12.5. The third-order valence-corrected chi connectivity index (χ3v) is 5.42. The van der Waals surface area contributed by atoms with Crippen molar-refractivity contribution in [1.29, 1.82) is 0 Å². The molecule has 1 fully saturated rings. The molecule has 0 radical (unpaired) electrons. The molecule has 5 nitrogen and oxygen atoms in total. The quantitative estimate of drug-likeness (QED) is 0.806. The minimum absolute atomic E-state index is 0.282. The average molecular weight is 407 g/mol. The van der Waals surface area contributed by atoms with Crippen LogP contribution >= 0.6 is 23.2 Å². The minimum Gasteiger partial charge on any atom is -0.372 e. The molecule has 1 saturated heterocycles. The van der Waals surface area contributed by atoms with Crippen LogP contribution in [0.2, 0.25) is 10.0 Å². The van der Waals surface area contributed by atoms with Gasteiger partial charge in [-0.2, -0.15) is 13.2 Å². The second-order valence-electron chi connectivity index (χ2n) is 5.23. The van der Waals surface area contributed by atoms with E-state index in [-0.39, 0.29) is 11.6 Å². The molecular weight excluding hydrogens is 392 g/mol. The van der Waals surface area contributed by atoms with Gasteiger partial charge in [0.05, 0.1) is 22.8 Å². The molecule has 0 aliphatic carbocycles. The number of rotatable bonds is 4. The first-order valence-corrected chi connectivity index (χ1v) is 9.19. The molecule has 0 aromatic heterocycles. The molecule has 1 heterocycles. The zero-order valence-electron chi connectivity index (χ0n) is 12.2. The molecule has 1 aromatic carbocycles. The van der Waals surface area contributed by atoms with Crippen LogP contribution in [0.1, 0.15) is 11.7 Å². The lowest BCUT2D eigenvalue weighted by atomic mass is 9.95. The van der Waals surface area contributed by atoms with Crippen molar-refractivity contribution in [2.75, 3.05) is 26.2 Å². The summed E-state index contributed by atoms with van der Waals surface area (Å²) < 4.78 is 67.0.